The molecule has 100 valence electrons. The van der Waals surface area contributed by atoms with Crippen molar-refractivity contribution in [2.75, 3.05) is 46.9 Å². The van der Waals surface area contributed by atoms with E-state index in [1.165, 1.54) is 4.90 Å². The molecular weight excluding hydrogens is 222 g/mol. The molecule has 0 aliphatic rings. The number of rotatable bonds is 9. The molecular formula is C11H23N3O3. The van der Waals surface area contributed by atoms with E-state index in [-0.39, 0.29) is 18.4 Å². The molecule has 0 bridgehead atoms. The van der Waals surface area contributed by atoms with Crippen molar-refractivity contribution in [3.63, 3.8) is 0 Å². The topological polar surface area (TPSA) is 70.7 Å². The number of carbonyl (C=O) groups is 2. The molecule has 2 N–H and O–H groups in total. The molecule has 6 heteroatoms. The van der Waals surface area contributed by atoms with Crippen LogP contribution in [0.25, 0.3) is 0 Å². The van der Waals surface area contributed by atoms with E-state index in [0.717, 1.165) is 6.54 Å². The van der Waals surface area contributed by atoms with Crippen molar-refractivity contribution in [3.8, 4) is 0 Å². The lowest BCUT2D eigenvalue weighted by Gasteiger charge is -2.16. The lowest BCUT2D eigenvalue weighted by Crippen LogP contribution is -2.40. The van der Waals surface area contributed by atoms with Gasteiger partial charge in [-0.25, -0.2) is 0 Å². The van der Waals surface area contributed by atoms with Crippen LogP contribution in [0.4, 0.5) is 0 Å². The van der Waals surface area contributed by atoms with E-state index in [1.54, 1.807) is 14.2 Å². The molecule has 0 rings (SSSR count). The fourth-order valence-electron chi connectivity index (χ4n) is 1.21. The summed E-state index contributed by atoms with van der Waals surface area (Å²) in [6.07, 6.45) is 0.412. The monoisotopic (exact) mass is 245 g/mol. The average Bonchev–Trinajstić information content (AvgIpc) is 2.29. The van der Waals surface area contributed by atoms with Gasteiger partial charge in [0.15, 0.2) is 0 Å². The van der Waals surface area contributed by atoms with Crippen molar-refractivity contribution in [3.05, 3.63) is 0 Å². The van der Waals surface area contributed by atoms with Gasteiger partial charge >= 0.3 is 0 Å². The van der Waals surface area contributed by atoms with Crippen molar-refractivity contribution in [1.82, 2.24) is 15.5 Å². The predicted molar refractivity (Wildman–Crippen MR) is 65.7 cm³/mol. The van der Waals surface area contributed by atoms with Gasteiger partial charge in [-0.15, -0.1) is 0 Å². The summed E-state index contributed by atoms with van der Waals surface area (Å²) in [6, 6.07) is 0. The maximum Gasteiger partial charge on any atom is 0.239 e. The van der Waals surface area contributed by atoms with Crippen LogP contribution in [0.5, 0.6) is 0 Å². The average molecular weight is 245 g/mol. The summed E-state index contributed by atoms with van der Waals surface area (Å²) >= 11 is 0. The Hall–Kier alpha value is -1.14. The molecule has 0 unspecified atom stereocenters. The highest BCUT2D eigenvalue weighted by Gasteiger charge is 2.11. The maximum absolute atomic E-state index is 11.6. The second-order valence-electron chi connectivity index (χ2n) is 3.70. The van der Waals surface area contributed by atoms with E-state index < -0.39 is 0 Å². The lowest BCUT2D eigenvalue weighted by molar-refractivity contribution is -0.134. The van der Waals surface area contributed by atoms with Gasteiger partial charge in [-0.1, -0.05) is 6.92 Å². The zero-order valence-electron chi connectivity index (χ0n) is 10.9. The zero-order valence-corrected chi connectivity index (χ0v) is 10.9. The fraction of sp³-hybridized carbons (Fsp3) is 0.818. The van der Waals surface area contributed by atoms with Gasteiger partial charge in [0, 0.05) is 33.7 Å². The summed E-state index contributed by atoms with van der Waals surface area (Å²) in [5, 5.41) is 5.73. The number of amides is 2. The maximum atomic E-state index is 11.6. The lowest BCUT2D eigenvalue weighted by atomic mass is 10.3. The van der Waals surface area contributed by atoms with Gasteiger partial charge < -0.3 is 20.3 Å². The van der Waals surface area contributed by atoms with Crippen LogP contribution in [-0.4, -0.2) is 63.7 Å². The quantitative estimate of drug-likeness (QED) is 0.522. The van der Waals surface area contributed by atoms with E-state index in [1.807, 2.05) is 6.92 Å². The number of hydrogen-bond acceptors (Lipinski definition) is 4. The van der Waals surface area contributed by atoms with Gasteiger partial charge in [0.05, 0.1) is 13.2 Å². The predicted octanol–water partition coefficient (Wildman–Crippen LogP) is -0.793. The van der Waals surface area contributed by atoms with Crippen molar-refractivity contribution in [1.29, 1.82) is 0 Å². The number of methoxy groups -OCH3 is 1. The molecule has 0 saturated carbocycles. The van der Waals surface area contributed by atoms with E-state index in [0.29, 0.717) is 26.1 Å². The van der Waals surface area contributed by atoms with Crippen LogP contribution in [0.2, 0.25) is 0 Å². The van der Waals surface area contributed by atoms with Crippen LogP contribution >= 0.6 is 0 Å². The highest BCUT2D eigenvalue weighted by atomic mass is 16.5. The summed E-state index contributed by atoms with van der Waals surface area (Å²) in [6.45, 7) is 4.50. The third-order valence-corrected chi connectivity index (χ3v) is 2.20. The first-order valence-electron chi connectivity index (χ1n) is 5.82. The minimum atomic E-state index is -0.165. The second kappa shape index (κ2) is 10.0. The van der Waals surface area contributed by atoms with Crippen molar-refractivity contribution in [2.45, 2.75) is 13.3 Å². The Morgan fingerprint density at radius 2 is 2.00 bits per heavy atom. The molecule has 2 amide bonds. The molecule has 0 saturated heterocycles. The molecule has 0 spiro atoms. The largest absolute Gasteiger partial charge is 0.383 e. The molecule has 0 fully saturated rings. The SMILES string of the molecule is CCNCCC(=O)N(C)CC(=O)NCCOC. The molecule has 0 atom stereocenters. The molecule has 0 aromatic carbocycles. The van der Waals surface area contributed by atoms with Gasteiger partial charge in [0.25, 0.3) is 0 Å². The van der Waals surface area contributed by atoms with Gasteiger partial charge in [0.1, 0.15) is 0 Å². The molecule has 0 aromatic rings. The van der Waals surface area contributed by atoms with Gasteiger partial charge in [-0.05, 0) is 6.54 Å². The van der Waals surface area contributed by atoms with E-state index in [9.17, 15) is 9.59 Å². The minimum Gasteiger partial charge on any atom is -0.383 e. The highest BCUT2D eigenvalue weighted by Crippen LogP contribution is 1.89. The van der Waals surface area contributed by atoms with Crippen molar-refractivity contribution >= 4 is 11.8 Å². The number of nitrogens with one attached hydrogen (secondary N) is 2. The van der Waals surface area contributed by atoms with Crippen LogP contribution in [0, 0.1) is 0 Å². The Balaban J connectivity index is 3.71. The Morgan fingerprint density at radius 3 is 2.59 bits per heavy atom. The van der Waals surface area contributed by atoms with Crippen molar-refractivity contribution in [2.24, 2.45) is 0 Å². The van der Waals surface area contributed by atoms with Crippen LogP contribution in [0.1, 0.15) is 13.3 Å². The molecule has 17 heavy (non-hydrogen) atoms. The Kier molecular flexibility index (Phi) is 9.37. The van der Waals surface area contributed by atoms with Crippen LogP contribution in [-0.2, 0) is 14.3 Å². The first-order chi connectivity index (χ1) is 8.11. The summed E-state index contributed by atoms with van der Waals surface area (Å²) in [4.78, 5) is 24.4. The molecule has 0 heterocycles. The van der Waals surface area contributed by atoms with Crippen LogP contribution < -0.4 is 10.6 Å². The Bertz CT molecular complexity index is 234. The van der Waals surface area contributed by atoms with Crippen LogP contribution in [0.3, 0.4) is 0 Å². The van der Waals surface area contributed by atoms with Gasteiger partial charge in [-0.3, -0.25) is 9.59 Å². The number of nitrogens with zero attached hydrogens (tertiary/aromatic N) is 1. The smallest absolute Gasteiger partial charge is 0.239 e. The summed E-state index contributed by atoms with van der Waals surface area (Å²) in [5.74, 6) is -0.200. The summed E-state index contributed by atoms with van der Waals surface area (Å²) in [7, 11) is 3.20. The number of likely N-dealkylation sites (N-methyl/N-ethyl adjacent to an activating group) is 1. The number of carbonyl (C=O) groups excluding carboxylic acids is 2. The number of ether oxygens (including phenoxy) is 1. The molecule has 0 radical (unpaired) electrons. The normalized spacial score (nSPS) is 10.1. The van der Waals surface area contributed by atoms with Crippen LogP contribution in [0.15, 0.2) is 0 Å². The number of hydrogen-bond donors (Lipinski definition) is 2. The molecule has 0 aromatic heterocycles. The first-order valence-corrected chi connectivity index (χ1v) is 5.82. The van der Waals surface area contributed by atoms with E-state index >= 15 is 0 Å². The highest BCUT2D eigenvalue weighted by molar-refractivity contribution is 5.84. The minimum absolute atomic E-state index is 0.0344. The third kappa shape index (κ3) is 8.65. The summed E-state index contributed by atoms with van der Waals surface area (Å²) < 4.78 is 4.81. The zero-order chi connectivity index (χ0) is 13.1. The second-order valence-corrected chi connectivity index (χ2v) is 3.70. The standard InChI is InChI=1S/C11H23N3O3/c1-4-12-6-5-11(16)14(2)9-10(15)13-7-8-17-3/h12H,4-9H2,1-3H3,(H,13,15). The Labute approximate surface area is 103 Å². The van der Waals surface area contributed by atoms with Gasteiger partial charge in [-0.2, -0.15) is 0 Å². The molecule has 0 aliphatic carbocycles. The van der Waals surface area contributed by atoms with Crippen molar-refractivity contribution < 1.29 is 14.3 Å². The summed E-state index contributed by atoms with van der Waals surface area (Å²) in [5.41, 5.74) is 0. The molecule has 6 nitrogen and oxygen atoms in total. The van der Waals surface area contributed by atoms with Gasteiger partial charge in [0.2, 0.25) is 11.8 Å². The van der Waals surface area contributed by atoms with E-state index in [4.69, 9.17) is 4.74 Å². The molecule has 0 aliphatic heterocycles. The van der Waals surface area contributed by atoms with E-state index in [2.05, 4.69) is 10.6 Å². The Morgan fingerprint density at radius 1 is 1.29 bits per heavy atom. The first kappa shape index (κ1) is 15.9. The third-order valence-electron chi connectivity index (χ3n) is 2.20. The fourth-order valence-corrected chi connectivity index (χ4v) is 1.21.